The van der Waals surface area contributed by atoms with E-state index >= 15 is 0 Å². The van der Waals surface area contributed by atoms with E-state index in [1.165, 1.54) is 11.1 Å². The molecule has 1 aliphatic rings. The van der Waals surface area contributed by atoms with Crippen LogP contribution in [0.4, 0.5) is 5.69 Å². The molecule has 0 N–H and O–H groups in total. The summed E-state index contributed by atoms with van der Waals surface area (Å²) in [6, 6.07) is 10.1. The van der Waals surface area contributed by atoms with Crippen LogP contribution in [0.15, 0.2) is 47.7 Å². The van der Waals surface area contributed by atoms with Gasteiger partial charge in [0.25, 0.3) is 0 Å². The van der Waals surface area contributed by atoms with E-state index in [-0.39, 0.29) is 5.57 Å². The van der Waals surface area contributed by atoms with Crippen LogP contribution < -0.4 is 4.90 Å². The number of rotatable bonds is 2. The highest BCUT2D eigenvalue weighted by Crippen LogP contribution is 2.31. The van der Waals surface area contributed by atoms with E-state index in [1.54, 1.807) is 6.08 Å². The first-order valence-electron chi connectivity index (χ1n) is 6.48. The van der Waals surface area contributed by atoms with Crippen LogP contribution in [-0.2, 0) is 0 Å². The molecule has 0 atom stereocenters. The minimum Gasteiger partial charge on any atom is -0.341 e. The largest absolute Gasteiger partial charge is 0.341 e. The molecular weight excluding hydrogens is 246 g/mol. The zero-order valence-electron chi connectivity index (χ0n) is 11.6. The number of benzene rings is 1. The number of allylic oxidation sites excluding steroid dienone is 4. The third kappa shape index (κ3) is 2.63. The quantitative estimate of drug-likeness (QED) is 0.763. The lowest BCUT2D eigenvalue weighted by molar-refractivity contribution is 0.970. The maximum atomic E-state index is 8.77. The maximum absolute atomic E-state index is 8.77. The van der Waals surface area contributed by atoms with E-state index in [0.29, 0.717) is 0 Å². The molecule has 0 saturated heterocycles. The molecule has 2 rings (SSSR count). The van der Waals surface area contributed by atoms with Crippen LogP contribution in [0.1, 0.15) is 18.1 Å². The Morgan fingerprint density at radius 2 is 2.00 bits per heavy atom. The zero-order valence-corrected chi connectivity index (χ0v) is 11.6. The summed E-state index contributed by atoms with van der Waals surface area (Å²) in [6.45, 7) is 4.98. The highest BCUT2D eigenvalue weighted by molar-refractivity contribution is 5.77. The van der Waals surface area contributed by atoms with Gasteiger partial charge in [-0.05, 0) is 49.8 Å². The smallest absolute Gasteiger partial charge is 0.129 e. The van der Waals surface area contributed by atoms with Crippen LogP contribution in [0.5, 0.6) is 0 Å². The Bertz CT molecular complexity index is 678. The van der Waals surface area contributed by atoms with E-state index in [4.69, 9.17) is 10.5 Å². The average Bonchev–Trinajstić information content (AvgIpc) is 2.47. The van der Waals surface area contributed by atoms with Gasteiger partial charge in [0.05, 0.1) is 0 Å². The number of nitrogens with zero attached hydrogens (tertiary/aromatic N) is 3. The summed E-state index contributed by atoms with van der Waals surface area (Å²) >= 11 is 0. The average molecular weight is 261 g/mol. The highest BCUT2D eigenvalue weighted by atomic mass is 15.1. The maximum Gasteiger partial charge on any atom is 0.129 e. The van der Waals surface area contributed by atoms with E-state index in [0.717, 1.165) is 17.9 Å². The van der Waals surface area contributed by atoms with Crippen molar-refractivity contribution < 1.29 is 0 Å². The van der Waals surface area contributed by atoms with E-state index in [9.17, 15) is 0 Å². The minimum absolute atomic E-state index is 0.108. The fraction of sp³-hybridized carbons (Fsp3) is 0.176. The van der Waals surface area contributed by atoms with Gasteiger partial charge in [0.15, 0.2) is 0 Å². The van der Waals surface area contributed by atoms with Gasteiger partial charge in [-0.1, -0.05) is 17.7 Å². The molecule has 0 bridgehead atoms. The van der Waals surface area contributed by atoms with Crippen LogP contribution in [-0.4, -0.2) is 6.54 Å². The predicted octanol–water partition coefficient (Wildman–Crippen LogP) is 3.71. The van der Waals surface area contributed by atoms with Crippen molar-refractivity contribution in [3.8, 4) is 12.1 Å². The van der Waals surface area contributed by atoms with Crippen molar-refractivity contribution in [2.75, 3.05) is 11.4 Å². The minimum atomic E-state index is 0.108. The lowest BCUT2D eigenvalue weighted by Crippen LogP contribution is -2.23. The lowest BCUT2D eigenvalue weighted by atomic mass is 10.0. The predicted molar refractivity (Wildman–Crippen MR) is 80.6 cm³/mol. The number of likely N-dealkylation sites (N-methyl/N-ethyl adjacent to an activating group) is 1. The molecule has 1 heterocycles. The molecule has 0 amide bonds. The van der Waals surface area contributed by atoms with Gasteiger partial charge in [0.2, 0.25) is 0 Å². The van der Waals surface area contributed by atoms with Gasteiger partial charge < -0.3 is 4.90 Å². The fourth-order valence-corrected chi connectivity index (χ4v) is 2.22. The summed E-state index contributed by atoms with van der Waals surface area (Å²) in [6.07, 6.45) is 7.44. The second-order valence-electron chi connectivity index (χ2n) is 4.54. The summed E-state index contributed by atoms with van der Waals surface area (Å²) < 4.78 is 0. The molecule has 3 heteroatoms. The topological polar surface area (TPSA) is 50.8 Å². The second-order valence-corrected chi connectivity index (χ2v) is 4.54. The molecule has 3 nitrogen and oxygen atoms in total. The second kappa shape index (κ2) is 5.91. The van der Waals surface area contributed by atoms with E-state index in [2.05, 4.69) is 43.0 Å². The molecule has 20 heavy (non-hydrogen) atoms. The van der Waals surface area contributed by atoms with E-state index < -0.39 is 0 Å². The summed E-state index contributed by atoms with van der Waals surface area (Å²) in [4.78, 5) is 2.16. The normalized spacial score (nSPS) is 14.4. The zero-order chi connectivity index (χ0) is 14.5. The Labute approximate surface area is 119 Å². The molecule has 0 unspecified atom stereocenters. The number of aryl methyl sites for hydroxylation is 1. The first kappa shape index (κ1) is 13.6. The van der Waals surface area contributed by atoms with Crippen molar-refractivity contribution in [3.05, 3.63) is 58.8 Å². The van der Waals surface area contributed by atoms with Crippen LogP contribution in [0.25, 0.3) is 6.08 Å². The SMILES string of the molecule is CCN1C(=CC=C(C#N)C#N)C=Cc2cc(C)ccc21. The number of fused-ring (bicyclic) bond motifs is 1. The Morgan fingerprint density at radius 3 is 2.65 bits per heavy atom. The molecule has 98 valence electrons. The van der Waals surface area contributed by atoms with Crippen LogP contribution >= 0.6 is 0 Å². The molecule has 0 fully saturated rings. The van der Waals surface area contributed by atoms with Crippen molar-refractivity contribution in [2.24, 2.45) is 0 Å². The molecule has 1 aliphatic heterocycles. The summed E-state index contributed by atoms with van der Waals surface area (Å²) in [7, 11) is 0. The number of hydrogen-bond acceptors (Lipinski definition) is 3. The van der Waals surface area contributed by atoms with Gasteiger partial charge in [0, 0.05) is 17.9 Å². The van der Waals surface area contributed by atoms with Gasteiger partial charge in [-0.3, -0.25) is 0 Å². The molecule has 0 spiro atoms. The summed E-state index contributed by atoms with van der Waals surface area (Å²) in [5.74, 6) is 0. The Hall–Kier alpha value is -2.78. The van der Waals surface area contributed by atoms with Crippen LogP contribution in [0.3, 0.4) is 0 Å². The Balaban J connectivity index is 2.44. The molecule has 0 aromatic heterocycles. The van der Waals surface area contributed by atoms with Crippen LogP contribution in [0.2, 0.25) is 0 Å². The van der Waals surface area contributed by atoms with Gasteiger partial charge in [0.1, 0.15) is 17.7 Å². The van der Waals surface area contributed by atoms with Crippen molar-refractivity contribution in [1.29, 1.82) is 10.5 Å². The Morgan fingerprint density at radius 1 is 1.25 bits per heavy atom. The van der Waals surface area contributed by atoms with Crippen molar-refractivity contribution in [1.82, 2.24) is 0 Å². The molecule has 0 saturated carbocycles. The van der Waals surface area contributed by atoms with Crippen molar-refractivity contribution >= 4 is 11.8 Å². The Kier molecular flexibility index (Phi) is 4.03. The number of hydrogen-bond donors (Lipinski definition) is 0. The molecule has 1 aromatic rings. The molecule has 0 aliphatic carbocycles. The number of anilines is 1. The monoisotopic (exact) mass is 261 g/mol. The van der Waals surface area contributed by atoms with Crippen LogP contribution in [0, 0.1) is 29.6 Å². The first-order chi connectivity index (χ1) is 9.69. The highest BCUT2D eigenvalue weighted by Gasteiger charge is 2.15. The molecule has 1 aromatic carbocycles. The molecule has 0 radical (unpaired) electrons. The third-order valence-corrected chi connectivity index (χ3v) is 3.20. The fourth-order valence-electron chi connectivity index (χ4n) is 2.22. The standard InChI is InChI=1S/C17H15N3/c1-3-20-16(7-5-14(11-18)12-19)8-6-15-10-13(2)4-9-17(15)20/h4-10H,3H2,1-2H3. The van der Waals surface area contributed by atoms with Gasteiger partial charge >= 0.3 is 0 Å². The van der Waals surface area contributed by atoms with Gasteiger partial charge in [-0.25, -0.2) is 0 Å². The van der Waals surface area contributed by atoms with Crippen molar-refractivity contribution in [2.45, 2.75) is 13.8 Å². The third-order valence-electron chi connectivity index (χ3n) is 3.20. The number of nitriles is 2. The summed E-state index contributed by atoms with van der Waals surface area (Å²) in [5.41, 5.74) is 4.65. The van der Waals surface area contributed by atoms with Gasteiger partial charge in [-0.15, -0.1) is 0 Å². The van der Waals surface area contributed by atoms with Gasteiger partial charge in [-0.2, -0.15) is 10.5 Å². The van der Waals surface area contributed by atoms with E-state index in [1.807, 2.05) is 24.3 Å². The first-order valence-corrected chi connectivity index (χ1v) is 6.48. The molecular formula is C17H15N3. The van der Waals surface area contributed by atoms with Crippen molar-refractivity contribution in [3.63, 3.8) is 0 Å². The summed E-state index contributed by atoms with van der Waals surface area (Å²) in [5, 5.41) is 17.5. The lowest BCUT2D eigenvalue weighted by Gasteiger charge is -2.29.